The van der Waals surface area contributed by atoms with Gasteiger partial charge >= 0.3 is 12.0 Å². The van der Waals surface area contributed by atoms with Crippen molar-refractivity contribution in [1.82, 2.24) is 9.80 Å². The molecule has 2 fully saturated rings. The van der Waals surface area contributed by atoms with E-state index in [-0.39, 0.29) is 18.6 Å². The van der Waals surface area contributed by atoms with Crippen LogP contribution in [0.4, 0.5) is 4.79 Å². The van der Waals surface area contributed by atoms with Crippen LogP contribution < -0.4 is 0 Å². The SMILES string of the molecule is CCC1CCN(C(=O)N2CCCC(CO)C2)C(C(=O)O)C1. The molecule has 6 heteroatoms. The average molecular weight is 298 g/mol. The van der Waals surface area contributed by atoms with Crippen molar-refractivity contribution in [2.45, 2.75) is 45.1 Å². The normalized spacial score (nSPS) is 30.3. The zero-order chi connectivity index (χ0) is 15.4. The number of aliphatic carboxylic acids is 1. The minimum absolute atomic E-state index is 0.0873. The number of likely N-dealkylation sites (tertiary alicyclic amines) is 2. The molecule has 0 saturated carbocycles. The molecule has 2 N–H and O–H groups in total. The topological polar surface area (TPSA) is 81.1 Å². The summed E-state index contributed by atoms with van der Waals surface area (Å²) in [7, 11) is 0. The number of carbonyl (C=O) groups excluding carboxylic acids is 1. The Balaban J connectivity index is 2.04. The molecular weight excluding hydrogens is 272 g/mol. The van der Waals surface area contributed by atoms with E-state index in [2.05, 4.69) is 6.92 Å². The standard InChI is InChI=1S/C15H26N2O4/c1-2-11-5-7-17(13(8-11)14(19)20)15(21)16-6-3-4-12(9-16)10-18/h11-13,18H,2-10H2,1H3,(H,19,20). The van der Waals surface area contributed by atoms with Crippen molar-refractivity contribution in [2.75, 3.05) is 26.2 Å². The molecule has 0 aromatic heterocycles. The molecule has 0 aromatic rings. The van der Waals surface area contributed by atoms with Gasteiger partial charge in [-0.3, -0.25) is 0 Å². The van der Waals surface area contributed by atoms with Gasteiger partial charge in [0.15, 0.2) is 0 Å². The van der Waals surface area contributed by atoms with Crippen molar-refractivity contribution < 1.29 is 19.8 Å². The fourth-order valence-electron chi connectivity index (χ4n) is 3.44. The number of carboxylic acids is 1. The molecule has 2 saturated heterocycles. The lowest BCUT2D eigenvalue weighted by molar-refractivity contribution is -0.144. The van der Waals surface area contributed by atoms with Gasteiger partial charge in [-0.25, -0.2) is 9.59 Å². The monoisotopic (exact) mass is 298 g/mol. The Morgan fingerprint density at radius 3 is 2.57 bits per heavy atom. The van der Waals surface area contributed by atoms with Crippen LogP contribution in [-0.2, 0) is 4.79 Å². The van der Waals surface area contributed by atoms with Crippen LogP contribution in [0.1, 0.15) is 39.0 Å². The number of piperidine rings is 2. The van der Waals surface area contributed by atoms with Gasteiger partial charge in [0.1, 0.15) is 6.04 Å². The fraction of sp³-hybridized carbons (Fsp3) is 0.867. The van der Waals surface area contributed by atoms with Gasteiger partial charge in [-0.15, -0.1) is 0 Å². The Hall–Kier alpha value is -1.30. The molecule has 21 heavy (non-hydrogen) atoms. The number of rotatable bonds is 3. The van der Waals surface area contributed by atoms with Gasteiger partial charge in [-0.05, 0) is 37.5 Å². The maximum atomic E-state index is 12.6. The first-order chi connectivity index (χ1) is 10.1. The summed E-state index contributed by atoms with van der Waals surface area (Å²) in [6.07, 6.45) is 4.20. The largest absolute Gasteiger partial charge is 0.480 e. The van der Waals surface area contributed by atoms with Crippen LogP contribution in [0.2, 0.25) is 0 Å². The molecule has 2 amide bonds. The van der Waals surface area contributed by atoms with Crippen LogP contribution in [0.3, 0.4) is 0 Å². The summed E-state index contributed by atoms with van der Waals surface area (Å²) >= 11 is 0. The predicted octanol–water partition coefficient (Wildman–Crippen LogP) is 1.39. The second kappa shape index (κ2) is 7.11. The van der Waals surface area contributed by atoms with Gasteiger partial charge in [-0.1, -0.05) is 13.3 Å². The number of aliphatic hydroxyl groups is 1. The number of hydrogen-bond donors (Lipinski definition) is 2. The maximum absolute atomic E-state index is 12.6. The molecule has 2 aliphatic rings. The van der Waals surface area contributed by atoms with Crippen molar-refractivity contribution in [3.8, 4) is 0 Å². The van der Waals surface area contributed by atoms with Gasteiger partial charge < -0.3 is 20.0 Å². The summed E-state index contributed by atoms with van der Waals surface area (Å²) < 4.78 is 0. The van der Waals surface area contributed by atoms with E-state index >= 15 is 0 Å². The Morgan fingerprint density at radius 2 is 1.95 bits per heavy atom. The molecule has 2 rings (SSSR count). The minimum Gasteiger partial charge on any atom is -0.480 e. The Morgan fingerprint density at radius 1 is 1.19 bits per heavy atom. The predicted molar refractivity (Wildman–Crippen MR) is 77.9 cm³/mol. The van der Waals surface area contributed by atoms with Crippen molar-refractivity contribution in [3.05, 3.63) is 0 Å². The van der Waals surface area contributed by atoms with E-state index in [1.807, 2.05) is 0 Å². The number of carbonyl (C=O) groups is 2. The van der Waals surface area contributed by atoms with Crippen LogP contribution in [0.5, 0.6) is 0 Å². The van der Waals surface area contributed by atoms with Gasteiger partial charge in [0.25, 0.3) is 0 Å². The van der Waals surface area contributed by atoms with Gasteiger partial charge in [0, 0.05) is 26.2 Å². The van der Waals surface area contributed by atoms with E-state index in [1.165, 1.54) is 4.90 Å². The zero-order valence-corrected chi connectivity index (χ0v) is 12.7. The summed E-state index contributed by atoms with van der Waals surface area (Å²) in [4.78, 5) is 27.3. The summed E-state index contributed by atoms with van der Waals surface area (Å²) in [6, 6.07) is -0.874. The number of carboxylic acid groups (broad SMARTS) is 1. The molecule has 0 aromatic carbocycles. The third kappa shape index (κ3) is 3.67. The zero-order valence-electron chi connectivity index (χ0n) is 12.7. The van der Waals surface area contributed by atoms with E-state index in [0.717, 1.165) is 25.7 Å². The Kier molecular flexibility index (Phi) is 5.45. The second-order valence-corrected chi connectivity index (χ2v) is 6.27. The molecule has 0 aliphatic carbocycles. The van der Waals surface area contributed by atoms with Crippen LogP contribution >= 0.6 is 0 Å². The average Bonchev–Trinajstić information content (AvgIpc) is 2.53. The van der Waals surface area contributed by atoms with Crippen LogP contribution in [-0.4, -0.2) is 64.3 Å². The number of nitrogens with zero attached hydrogens (tertiary/aromatic N) is 2. The van der Waals surface area contributed by atoms with Crippen LogP contribution in [0.25, 0.3) is 0 Å². The van der Waals surface area contributed by atoms with Crippen molar-refractivity contribution in [1.29, 1.82) is 0 Å². The fourth-order valence-corrected chi connectivity index (χ4v) is 3.44. The molecule has 3 atom stereocenters. The highest BCUT2D eigenvalue weighted by Crippen LogP contribution is 2.27. The summed E-state index contributed by atoms with van der Waals surface area (Å²) in [5, 5.41) is 18.7. The van der Waals surface area contributed by atoms with Crippen molar-refractivity contribution >= 4 is 12.0 Å². The quantitative estimate of drug-likeness (QED) is 0.825. The summed E-state index contributed by atoms with van der Waals surface area (Å²) in [5.74, 6) is -0.391. The molecule has 0 radical (unpaired) electrons. The maximum Gasteiger partial charge on any atom is 0.326 e. The van der Waals surface area contributed by atoms with Crippen LogP contribution in [0.15, 0.2) is 0 Å². The molecule has 2 heterocycles. The summed E-state index contributed by atoms with van der Waals surface area (Å²) in [5.41, 5.74) is 0. The molecule has 0 spiro atoms. The first-order valence-electron chi connectivity index (χ1n) is 7.96. The third-order valence-electron chi connectivity index (χ3n) is 4.87. The third-order valence-corrected chi connectivity index (χ3v) is 4.87. The highest BCUT2D eigenvalue weighted by molar-refractivity contribution is 5.83. The minimum atomic E-state index is -0.905. The van der Waals surface area contributed by atoms with E-state index in [1.54, 1.807) is 4.90 Å². The lowest BCUT2D eigenvalue weighted by Gasteiger charge is -2.41. The molecule has 120 valence electrons. The molecule has 6 nitrogen and oxygen atoms in total. The number of amides is 2. The Bertz CT molecular complexity index is 388. The molecule has 0 bridgehead atoms. The van der Waals surface area contributed by atoms with Gasteiger partial charge in [0.05, 0.1) is 0 Å². The molecule has 2 aliphatic heterocycles. The van der Waals surface area contributed by atoms with Gasteiger partial charge in [0.2, 0.25) is 0 Å². The van der Waals surface area contributed by atoms with E-state index < -0.39 is 12.0 Å². The van der Waals surface area contributed by atoms with Gasteiger partial charge in [-0.2, -0.15) is 0 Å². The lowest BCUT2D eigenvalue weighted by Crippen LogP contribution is -2.56. The highest BCUT2D eigenvalue weighted by Gasteiger charge is 2.38. The molecular formula is C15H26N2O4. The van der Waals surface area contributed by atoms with Crippen molar-refractivity contribution in [3.63, 3.8) is 0 Å². The van der Waals surface area contributed by atoms with E-state index in [9.17, 15) is 19.8 Å². The number of hydrogen-bond acceptors (Lipinski definition) is 3. The highest BCUT2D eigenvalue weighted by atomic mass is 16.4. The lowest BCUT2D eigenvalue weighted by atomic mass is 9.89. The smallest absolute Gasteiger partial charge is 0.326 e. The number of aliphatic hydroxyl groups excluding tert-OH is 1. The first kappa shape index (κ1) is 16.1. The second-order valence-electron chi connectivity index (χ2n) is 6.27. The van der Waals surface area contributed by atoms with Crippen LogP contribution in [0, 0.1) is 11.8 Å². The number of urea groups is 1. The van der Waals surface area contributed by atoms with Crippen molar-refractivity contribution in [2.24, 2.45) is 11.8 Å². The summed E-state index contributed by atoms with van der Waals surface area (Å²) in [6.45, 7) is 3.88. The first-order valence-corrected chi connectivity index (χ1v) is 7.96. The van der Waals surface area contributed by atoms with E-state index in [4.69, 9.17) is 0 Å². The Labute approximate surface area is 125 Å². The van der Waals surface area contributed by atoms with E-state index in [0.29, 0.717) is 32.0 Å². The molecule has 3 unspecified atom stereocenters.